The van der Waals surface area contributed by atoms with E-state index in [9.17, 15) is 9.18 Å². The summed E-state index contributed by atoms with van der Waals surface area (Å²) in [6, 6.07) is 11.3. The van der Waals surface area contributed by atoms with Gasteiger partial charge in [-0.1, -0.05) is 23.7 Å². The minimum absolute atomic E-state index is 0.104. The van der Waals surface area contributed by atoms with Gasteiger partial charge in [0.25, 0.3) is 0 Å². The number of ether oxygens (including phenoxy) is 1. The molecule has 2 aromatic rings. The van der Waals surface area contributed by atoms with Crippen molar-refractivity contribution in [1.29, 1.82) is 0 Å². The number of benzene rings is 2. The highest BCUT2D eigenvalue weighted by molar-refractivity contribution is 6.30. The fourth-order valence-electron chi connectivity index (χ4n) is 2.17. The van der Waals surface area contributed by atoms with Crippen molar-refractivity contribution in [2.75, 3.05) is 14.2 Å². The molecule has 2 rings (SSSR count). The van der Waals surface area contributed by atoms with E-state index in [0.29, 0.717) is 22.9 Å². The summed E-state index contributed by atoms with van der Waals surface area (Å²) < 4.78 is 18.4. The normalized spacial score (nSPS) is 10.4. The Morgan fingerprint density at radius 3 is 2.73 bits per heavy atom. The minimum atomic E-state index is -0.343. The number of hydrogen-bond acceptors (Lipinski definition) is 2. The van der Waals surface area contributed by atoms with Gasteiger partial charge in [-0.3, -0.25) is 4.79 Å². The quantitative estimate of drug-likeness (QED) is 0.840. The van der Waals surface area contributed by atoms with E-state index in [1.165, 1.54) is 12.1 Å². The molecular formula is C17H17ClFNO2. The summed E-state index contributed by atoms with van der Waals surface area (Å²) in [6.45, 7) is 0.373. The van der Waals surface area contributed by atoms with Crippen LogP contribution in [-0.2, 0) is 17.8 Å². The molecule has 0 fully saturated rings. The van der Waals surface area contributed by atoms with Crippen LogP contribution >= 0.6 is 11.6 Å². The second-order valence-electron chi connectivity index (χ2n) is 5.01. The van der Waals surface area contributed by atoms with Gasteiger partial charge < -0.3 is 9.64 Å². The average molecular weight is 322 g/mol. The van der Waals surface area contributed by atoms with E-state index in [2.05, 4.69) is 0 Å². The molecular weight excluding hydrogens is 305 g/mol. The van der Waals surface area contributed by atoms with Crippen LogP contribution in [0.1, 0.15) is 11.1 Å². The van der Waals surface area contributed by atoms with Crippen molar-refractivity contribution in [3.8, 4) is 5.75 Å². The summed E-state index contributed by atoms with van der Waals surface area (Å²) in [5.74, 6) is 0.229. The van der Waals surface area contributed by atoms with Gasteiger partial charge in [0, 0.05) is 24.2 Å². The van der Waals surface area contributed by atoms with Crippen LogP contribution < -0.4 is 4.74 Å². The molecule has 2 aromatic carbocycles. The van der Waals surface area contributed by atoms with Crippen molar-refractivity contribution in [2.24, 2.45) is 0 Å². The second-order valence-corrected chi connectivity index (χ2v) is 5.45. The van der Waals surface area contributed by atoms with Crippen LogP contribution in [0.4, 0.5) is 4.39 Å². The summed E-state index contributed by atoms with van der Waals surface area (Å²) in [5.41, 5.74) is 1.47. The highest BCUT2D eigenvalue weighted by atomic mass is 35.5. The van der Waals surface area contributed by atoms with Gasteiger partial charge in [0.15, 0.2) is 0 Å². The van der Waals surface area contributed by atoms with Gasteiger partial charge in [-0.15, -0.1) is 0 Å². The Bertz CT molecular complexity index is 675. The molecule has 0 unspecified atom stereocenters. The molecule has 0 N–H and O–H groups in total. The Labute approximate surface area is 134 Å². The molecule has 22 heavy (non-hydrogen) atoms. The van der Waals surface area contributed by atoms with Crippen LogP contribution in [-0.4, -0.2) is 25.0 Å². The maximum Gasteiger partial charge on any atom is 0.227 e. The predicted octanol–water partition coefficient (Wildman–Crippen LogP) is 3.69. The van der Waals surface area contributed by atoms with E-state index in [4.69, 9.17) is 16.3 Å². The van der Waals surface area contributed by atoms with Crippen LogP contribution in [0.3, 0.4) is 0 Å². The molecule has 0 atom stereocenters. The van der Waals surface area contributed by atoms with Gasteiger partial charge in [0.05, 0.1) is 13.5 Å². The molecule has 0 aliphatic carbocycles. The van der Waals surface area contributed by atoms with Crippen molar-refractivity contribution in [3.05, 3.63) is 64.4 Å². The van der Waals surface area contributed by atoms with Crippen LogP contribution in [0.25, 0.3) is 0 Å². The van der Waals surface area contributed by atoms with Crippen LogP contribution in [0.5, 0.6) is 5.75 Å². The number of amides is 1. The molecule has 0 saturated carbocycles. The zero-order valence-corrected chi connectivity index (χ0v) is 13.2. The molecule has 116 valence electrons. The van der Waals surface area contributed by atoms with Crippen molar-refractivity contribution in [3.63, 3.8) is 0 Å². The molecule has 0 bridgehead atoms. The molecule has 0 aliphatic rings. The van der Waals surface area contributed by atoms with Gasteiger partial charge >= 0.3 is 0 Å². The first-order chi connectivity index (χ1) is 10.5. The maximum atomic E-state index is 13.2. The Balaban J connectivity index is 2.07. The van der Waals surface area contributed by atoms with Crippen molar-refractivity contribution >= 4 is 17.5 Å². The van der Waals surface area contributed by atoms with Crippen molar-refractivity contribution < 1.29 is 13.9 Å². The summed E-state index contributed by atoms with van der Waals surface area (Å²) in [6.07, 6.45) is 0.150. The lowest BCUT2D eigenvalue weighted by atomic mass is 10.1. The fourth-order valence-corrected chi connectivity index (χ4v) is 2.37. The molecule has 0 aliphatic heterocycles. The van der Waals surface area contributed by atoms with Gasteiger partial charge in [-0.2, -0.15) is 0 Å². The van der Waals surface area contributed by atoms with E-state index in [0.717, 1.165) is 5.56 Å². The molecule has 0 aromatic heterocycles. The molecule has 0 radical (unpaired) electrons. The molecule has 0 heterocycles. The van der Waals surface area contributed by atoms with Gasteiger partial charge in [-0.05, 0) is 35.9 Å². The molecule has 0 saturated heterocycles. The first kappa shape index (κ1) is 16.3. The van der Waals surface area contributed by atoms with Gasteiger partial charge in [0.1, 0.15) is 11.6 Å². The number of likely N-dealkylation sites (N-methyl/N-ethyl adjacent to an activating group) is 1. The third kappa shape index (κ3) is 4.21. The lowest BCUT2D eigenvalue weighted by Crippen LogP contribution is -2.28. The first-order valence-electron chi connectivity index (χ1n) is 6.80. The average Bonchev–Trinajstić information content (AvgIpc) is 2.47. The van der Waals surface area contributed by atoms with E-state index < -0.39 is 0 Å². The Kier molecular flexibility index (Phi) is 5.39. The van der Waals surface area contributed by atoms with Gasteiger partial charge in [-0.25, -0.2) is 4.39 Å². The van der Waals surface area contributed by atoms with Crippen molar-refractivity contribution in [1.82, 2.24) is 4.90 Å². The third-order valence-corrected chi connectivity index (χ3v) is 3.56. The lowest BCUT2D eigenvalue weighted by Gasteiger charge is -2.19. The molecule has 3 nitrogen and oxygen atoms in total. The maximum absolute atomic E-state index is 13.2. The number of rotatable bonds is 5. The second kappa shape index (κ2) is 7.27. The Morgan fingerprint density at radius 1 is 1.27 bits per heavy atom. The van der Waals surface area contributed by atoms with E-state index in [-0.39, 0.29) is 18.1 Å². The van der Waals surface area contributed by atoms with E-state index >= 15 is 0 Å². The molecule has 0 spiro atoms. The van der Waals surface area contributed by atoms with Crippen molar-refractivity contribution in [2.45, 2.75) is 13.0 Å². The molecule has 5 heteroatoms. The SMILES string of the molecule is COc1ccc(Cl)cc1CN(C)C(=O)Cc1cccc(F)c1. The largest absolute Gasteiger partial charge is 0.496 e. The van der Waals surface area contributed by atoms with E-state index in [1.54, 1.807) is 49.4 Å². The number of nitrogens with zero attached hydrogens (tertiary/aromatic N) is 1. The zero-order valence-electron chi connectivity index (χ0n) is 12.5. The monoisotopic (exact) mass is 321 g/mol. The smallest absolute Gasteiger partial charge is 0.227 e. The lowest BCUT2D eigenvalue weighted by molar-refractivity contribution is -0.129. The Hall–Kier alpha value is -2.07. The van der Waals surface area contributed by atoms with Crippen LogP contribution in [0.15, 0.2) is 42.5 Å². The molecule has 1 amide bonds. The topological polar surface area (TPSA) is 29.5 Å². The van der Waals surface area contributed by atoms with Crippen LogP contribution in [0, 0.1) is 5.82 Å². The minimum Gasteiger partial charge on any atom is -0.496 e. The van der Waals surface area contributed by atoms with E-state index in [1.807, 2.05) is 0 Å². The highest BCUT2D eigenvalue weighted by Gasteiger charge is 2.13. The standard InChI is InChI=1S/C17H17ClFNO2/c1-20(11-13-10-14(18)6-7-16(13)22-2)17(21)9-12-4-3-5-15(19)8-12/h3-8,10H,9,11H2,1-2H3. The number of carbonyl (C=O) groups is 1. The van der Waals surface area contributed by atoms with Gasteiger partial charge in [0.2, 0.25) is 5.91 Å². The zero-order chi connectivity index (χ0) is 16.1. The summed E-state index contributed by atoms with van der Waals surface area (Å²) in [4.78, 5) is 13.8. The predicted molar refractivity (Wildman–Crippen MR) is 84.6 cm³/mol. The van der Waals surface area contributed by atoms with Crippen LogP contribution in [0.2, 0.25) is 5.02 Å². The fraction of sp³-hybridized carbons (Fsp3) is 0.235. The summed E-state index contributed by atoms with van der Waals surface area (Å²) in [5, 5.41) is 0.585. The third-order valence-electron chi connectivity index (χ3n) is 3.32. The highest BCUT2D eigenvalue weighted by Crippen LogP contribution is 2.24. The number of halogens is 2. The number of hydrogen-bond donors (Lipinski definition) is 0. The summed E-state index contributed by atoms with van der Waals surface area (Å²) in [7, 11) is 3.27. The first-order valence-corrected chi connectivity index (χ1v) is 7.18. The number of methoxy groups -OCH3 is 1. The Morgan fingerprint density at radius 2 is 2.05 bits per heavy atom. The number of carbonyl (C=O) groups excluding carboxylic acids is 1. The summed E-state index contributed by atoms with van der Waals surface area (Å²) >= 11 is 5.98.